The number of hydrogen-bond acceptors (Lipinski definition) is 4. The fourth-order valence-corrected chi connectivity index (χ4v) is 6.97. The Kier molecular flexibility index (Phi) is 8.23. The molecule has 1 aliphatic carbocycles. The van der Waals surface area contributed by atoms with Crippen LogP contribution in [0.15, 0.2) is 18.2 Å². The number of nitrogens with one attached hydrogen (secondary N) is 1. The van der Waals surface area contributed by atoms with Gasteiger partial charge in [-0.2, -0.15) is 0 Å². The summed E-state index contributed by atoms with van der Waals surface area (Å²) in [6.45, 7) is 15.5. The Bertz CT molecular complexity index is 954. The third-order valence-electron chi connectivity index (χ3n) is 7.88. The lowest BCUT2D eigenvalue weighted by molar-refractivity contribution is 0.0493. The van der Waals surface area contributed by atoms with E-state index >= 15 is 0 Å². The molecule has 2 aliphatic heterocycles. The Morgan fingerprint density at radius 3 is 2.42 bits per heavy atom. The first kappa shape index (κ1) is 27.6. The largest absolute Gasteiger partial charge is 0.443 e. The monoisotopic (exact) mass is 517 g/mol. The zero-order valence-corrected chi connectivity index (χ0v) is 24.1. The molecule has 0 bridgehead atoms. The van der Waals surface area contributed by atoms with E-state index in [2.05, 4.69) is 27.8 Å². The van der Waals surface area contributed by atoms with Gasteiger partial charge in [0.15, 0.2) is 0 Å². The van der Waals surface area contributed by atoms with Crippen LogP contribution in [0.25, 0.3) is 0 Å². The number of likely N-dealkylation sites (tertiary alicyclic amines) is 1. The van der Waals surface area contributed by atoms with Crippen molar-refractivity contribution in [2.75, 3.05) is 24.5 Å². The van der Waals surface area contributed by atoms with E-state index in [1.54, 1.807) is 4.90 Å². The number of nitrogens with zero attached hydrogens (tertiary/aromatic N) is 2. The molecule has 1 spiro atoms. The van der Waals surface area contributed by atoms with Crippen LogP contribution < -0.4 is 9.62 Å². The number of anilines is 1. The van der Waals surface area contributed by atoms with E-state index in [1.807, 2.05) is 41.5 Å². The number of carbonyl (C=O) groups excluding carboxylic acids is 1. The van der Waals surface area contributed by atoms with Crippen molar-refractivity contribution in [2.45, 2.75) is 116 Å². The fourth-order valence-electron chi connectivity index (χ4n) is 6.11. The van der Waals surface area contributed by atoms with Gasteiger partial charge in [0.1, 0.15) is 5.60 Å². The highest BCUT2D eigenvalue weighted by Gasteiger charge is 2.37. The first-order valence-electron chi connectivity index (χ1n) is 13.9. The molecular formula is C29H47N3O3S. The molecule has 2 heterocycles. The standard InChI is InChI=1S/C29H47N3O3S/c1-27(2,3)35-26(33)32-18-13-24(30-36(34)28(4,5)6)23-19-22(11-12-25(23)32)20-31-17-10-16-29(21-31)14-8-7-9-15-29/h11-12,19,24,30H,7-10,13-18,20-21H2,1-6H3/t24-,36-/m1/s1. The Balaban J connectivity index is 1.57. The summed E-state index contributed by atoms with van der Waals surface area (Å²) in [7, 11) is -1.20. The maximum Gasteiger partial charge on any atom is 0.414 e. The molecule has 0 unspecified atom stereocenters. The summed E-state index contributed by atoms with van der Waals surface area (Å²) in [6, 6.07) is 6.42. The average molecular weight is 518 g/mol. The van der Waals surface area contributed by atoms with Gasteiger partial charge in [0.25, 0.3) is 0 Å². The smallest absolute Gasteiger partial charge is 0.414 e. The number of ether oxygens (including phenoxy) is 1. The van der Waals surface area contributed by atoms with Crippen LogP contribution in [-0.4, -0.2) is 45.2 Å². The summed E-state index contributed by atoms with van der Waals surface area (Å²) in [5, 5.41) is 0. The number of hydrogen-bond donors (Lipinski definition) is 1. The lowest BCUT2D eigenvalue weighted by atomic mass is 9.69. The maximum atomic E-state index is 13.1. The van der Waals surface area contributed by atoms with Crippen molar-refractivity contribution in [3.8, 4) is 0 Å². The lowest BCUT2D eigenvalue weighted by Crippen LogP contribution is -2.45. The van der Waals surface area contributed by atoms with Crippen molar-refractivity contribution in [1.82, 2.24) is 9.62 Å². The van der Waals surface area contributed by atoms with E-state index in [4.69, 9.17) is 4.74 Å². The van der Waals surface area contributed by atoms with Gasteiger partial charge in [0.2, 0.25) is 0 Å². The second-order valence-corrected chi connectivity index (χ2v) is 15.2. The number of amides is 1. The minimum Gasteiger partial charge on any atom is -0.443 e. The van der Waals surface area contributed by atoms with Crippen LogP contribution in [0.1, 0.15) is 110 Å². The molecule has 6 nitrogen and oxygen atoms in total. The van der Waals surface area contributed by atoms with Crippen molar-refractivity contribution in [3.05, 3.63) is 29.3 Å². The molecule has 7 heteroatoms. The molecule has 1 aromatic rings. The molecule has 36 heavy (non-hydrogen) atoms. The van der Waals surface area contributed by atoms with E-state index < -0.39 is 16.6 Å². The molecule has 1 saturated carbocycles. The molecule has 0 aromatic heterocycles. The number of carbonyl (C=O) groups is 1. The van der Waals surface area contributed by atoms with E-state index in [1.165, 1.54) is 57.1 Å². The summed E-state index contributed by atoms with van der Waals surface area (Å²) < 4.78 is 21.7. The SMILES string of the molecule is CC(C)(C)OC(=O)N1CC[C@@H](N[S@](=O)C(C)(C)C)c2cc(CN3CCCC4(CCCCC4)C3)ccc21. The van der Waals surface area contributed by atoms with Crippen LogP contribution in [0, 0.1) is 5.41 Å². The second kappa shape index (κ2) is 10.7. The third kappa shape index (κ3) is 6.70. The van der Waals surface area contributed by atoms with Crippen LogP contribution in [0.2, 0.25) is 0 Å². The van der Waals surface area contributed by atoms with Gasteiger partial charge in [-0.3, -0.25) is 9.80 Å². The molecular weight excluding hydrogens is 470 g/mol. The van der Waals surface area contributed by atoms with Crippen LogP contribution in [0.4, 0.5) is 10.5 Å². The van der Waals surface area contributed by atoms with Gasteiger partial charge < -0.3 is 4.74 Å². The molecule has 1 aromatic carbocycles. The van der Waals surface area contributed by atoms with E-state index in [9.17, 15) is 9.00 Å². The minimum atomic E-state index is -1.20. The molecule has 1 amide bonds. The van der Waals surface area contributed by atoms with Crippen molar-refractivity contribution in [3.63, 3.8) is 0 Å². The van der Waals surface area contributed by atoms with Gasteiger partial charge in [0, 0.05) is 25.7 Å². The van der Waals surface area contributed by atoms with Gasteiger partial charge >= 0.3 is 6.09 Å². The first-order chi connectivity index (χ1) is 16.9. The Labute approximate surface area is 221 Å². The lowest BCUT2D eigenvalue weighted by Gasteiger charge is -2.45. The highest BCUT2D eigenvalue weighted by molar-refractivity contribution is 7.84. The Morgan fingerprint density at radius 1 is 1.06 bits per heavy atom. The predicted octanol–water partition coefficient (Wildman–Crippen LogP) is 6.47. The third-order valence-corrected chi connectivity index (χ3v) is 9.49. The van der Waals surface area contributed by atoms with Crippen molar-refractivity contribution in [1.29, 1.82) is 0 Å². The molecule has 1 N–H and O–H groups in total. The van der Waals surface area contributed by atoms with E-state index in [0.717, 1.165) is 24.3 Å². The van der Waals surface area contributed by atoms with Gasteiger partial charge in [-0.15, -0.1) is 0 Å². The normalized spacial score (nSPS) is 23.8. The molecule has 202 valence electrons. The zero-order chi connectivity index (χ0) is 26.1. The zero-order valence-electron chi connectivity index (χ0n) is 23.3. The number of benzene rings is 1. The highest BCUT2D eigenvalue weighted by Crippen LogP contribution is 2.44. The highest BCUT2D eigenvalue weighted by atomic mass is 32.2. The number of fused-ring (bicyclic) bond motifs is 1. The molecule has 2 atom stereocenters. The van der Waals surface area contributed by atoms with Crippen molar-refractivity contribution < 1.29 is 13.7 Å². The summed E-state index contributed by atoms with van der Waals surface area (Å²) >= 11 is 0. The molecule has 3 aliphatic rings. The van der Waals surface area contributed by atoms with Crippen LogP contribution in [0.3, 0.4) is 0 Å². The Morgan fingerprint density at radius 2 is 1.75 bits per heavy atom. The van der Waals surface area contributed by atoms with E-state index in [-0.39, 0.29) is 16.9 Å². The molecule has 4 rings (SSSR count). The predicted molar refractivity (Wildman–Crippen MR) is 148 cm³/mol. The maximum absolute atomic E-state index is 13.1. The van der Waals surface area contributed by atoms with Crippen LogP contribution >= 0.6 is 0 Å². The van der Waals surface area contributed by atoms with Crippen molar-refractivity contribution in [2.24, 2.45) is 5.41 Å². The van der Waals surface area contributed by atoms with E-state index in [0.29, 0.717) is 18.4 Å². The summed E-state index contributed by atoms with van der Waals surface area (Å²) in [5.74, 6) is 0. The number of rotatable bonds is 4. The van der Waals surface area contributed by atoms with Gasteiger partial charge in [0.05, 0.1) is 21.4 Å². The minimum absolute atomic E-state index is 0.0651. The van der Waals surface area contributed by atoms with Gasteiger partial charge in [-0.05, 0) is 103 Å². The van der Waals surface area contributed by atoms with Gasteiger partial charge in [-0.25, -0.2) is 13.7 Å². The van der Waals surface area contributed by atoms with Crippen LogP contribution in [-0.2, 0) is 22.3 Å². The number of piperidine rings is 1. The quantitative estimate of drug-likeness (QED) is 0.497. The average Bonchev–Trinajstić information content (AvgIpc) is 2.78. The van der Waals surface area contributed by atoms with Crippen LogP contribution in [0.5, 0.6) is 0 Å². The fraction of sp³-hybridized carbons (Fsp3) is 0.759. The summed E-state index contributed by atoms with van der Waals surface area (Å²) in [6.07, 6.45) is 9.95. The van der Waals surface area contributed by atoms with Crippen molar-refractivity contribution >= 4 is 22.8 Å². The summed E-state index contributed by atoms with van der Waals surface area (Å²) in [5.41, 5.74) is 3.15. The second-order valence-electron chi connectivity index (χ2n) is 13.2. The van der Waals surface area contributed by atoms with Gasteiger partial charge in [-0.1, -0.05) is 31.4 Å². The molecule has 1 saturated heterocycles. The molecule has 0 radical (unpaired) electrons. The molecule has 2 fully saturated rings. The topological polar surface area (TPSA) is 61.9 Å². The Hall–Kier alpha value is -1.44. The first-order valence-corrected chi connectivity index (χ1v) is 15.0. The summed E-state index contributed by atoms with van der Waals surface area (Å²) in [4.78, 5) is 17.4.